The molecular weight excluding hydrogens is 236 g/mol. The van der Waals surface area contributed by atoms with E-state index in [0.29, 0.717) is 18.0 Å². The minimum Gasteiger partial charge on any atom is -0.494 e. The molecule has 1 aromatic rings. The monoisotopic (exact) mass is 254 g/mol. The van der Waals surface area contributed by atoms with E-state index >= 15 is 0 Å². The number of likely N-dealkylation sites (N-methyl/N-ethyl adjacent to an activating group) is 1. The highest BCUT2D eigenvalue weighted by Gasteiger charge is 2.15. The van der Waals surface area contributed by atoms with Crippen molar-refractivity contribution in [1.82, 2.24) is 0 Å². The number of hydrogen-bond donors (Lipinski definition) is 1. The molecule has 18 heavy (non-hydrogen) atoms. The lowest BCUT2D eigenvalue weighted by atomic mass is 10.2. The van der Waals surface area contributed by atoms with Crippen LogP contribution in [0.5, 0.6) is 5.75 Å². The molecule has 100 valence electrons. The molecule has 0 aromatic heterocycles. The van der Waals surface area contributed by atoms with Crippen molar-refractivity contribution in [3.05, 3.63) is 28.3 Å². The molecule has 6 heteroatoms. The SMILES string of the molecule is CCOc1cc(N(C)C(C)CO)cc([N+](=O)[O-])c1. The Bertz CT molecular complexity index is 423. The van der Waals surface area contributed by atoms with E-state index in [0.717, 1.165) is 0 Å². The van der Waals surface area contributed by atoms with E-state index in [9.17, 15) is 10.1 Å². The van der Waals surface area contributed by atoms with E-state index < -0.39 is 4.92 Å². The topological polar surface area (TPSA) is 75.8 Å². The summed E-state index contributed by atoms with van der Waals surface area (Å²) in [5, 5.41) is 20.0. The van der Waals surface area contributed by atoms with E-state index in [-0.39, 0.29) is 18.3 Å². The number of nitro groups is 1. The average Bonchev–Trinajstić information content (AvgIpc) is 2.36. The number of rotatable bonds is 6. The summed E-state index contributed by atoms with van der Waals surface area (Å²) in [4.78, 5) is 12.2. The molecule has 0 heterocycles. The van der Waals surface area contributed by atoms with Crippen LogP contribution in [-0.2, 0) is 0 Å². The molecule has 0 radical (unpaired) electrons. The van der Waals surface area contributed by atoms with Gasteiger partial charge in [0, 0.05) is 30.9 Å². The van der Waals surface area contributed by atoms with Gasteiger partial charge in [0.1, 0.15) is 5.75 Å². The van der Waals surface area contributed by atoms with Gasteiger partial charge in [0.05, 0.1) is 24.2 Å². The van der Waals surface area contributed by atoms with Crippen LogP contribution >= 0.6 is 0 Å². The van der Waals surface area contributed by atoms with Crippen molar-refractivity contribution in [3.8, 4) is 5.75 Å². The standard InChI is InChI=1S/C12H18N2O4/c1-4-18-12-6-10(13(3)9(2)8-15)5-11(7-12)14(16)17/h5-7,9,15H,4,8H2,1-3H3. The van der Waals surface area contributed by atoms with Gasteiger partial charge in [-0.15, -0.1) is 0 Å². The van der Waals surface area contributed by atoms with Crippen molar-refractivity contribution in [3.63, 3.8) is 0 Å². The Kier molecular flexibility index (Phi) is 4.91. The number of nitrogens with zero attached hydrogens (tertiary/aromatic N) is 2. The summed E-state index contributed by atoms with van der Waals surface area (Å²) in [7, 11) is 1.77. The number of benzene rings is 1. The lowest BCUT2D eigenvalue weighted by molar-refractivity contribution is -0.384. The van der Waals surface area contributed by atoms with Crippen molar-refractivity contribution >= 4 is 11.4 Å². The van der Waals surface area contributed by atoms with Crippen LogP contribution in [0.15, 0.2) is 18.2 Å². The summed E-state index contributed by atoms with van der Waals surface area (Å²) >= 11 is 0. The van der Waals surface area contributed by atoms with E-state index in [1.165, 1.54) is 12.1 Å². The maximum absolute atomic E-state index is 10.9. The third-order valence-electron chi connectivity index (χ3n) is 2.73. The second-order valence-corrected chi connectivity index (χ2v) is 4.02. The lowest BCUT2D eigenvalue weighted by Gasteiger charge is -2.25. The summed E-state index contributed by atoms with van der Waals surface area (Å²) in [6, 6.07) is 4.46. The van der Waals surface area contributed by atoms with Gasteiger partial charge in [0.2, 0.25) is 0 Å². The van der Waals surface area contributed by atoms with Crippen LogP contribution in [0.4, 0.5) is 11.4 Å². The maximum atomic E-state index is 10.9. The fourth-order valence-corrected chi connectivity index (χ4v) is 1.50. The minimum absolute atomic E-state index is 0.0204. The van der Waals surface area contributed by atoms with Crippen LogP contribution in [0.1, 0.15) is 13.8 Å². The van der Waals surface area contributed by atoms with Gasteiger partial charge in [-0.25, -0.2) is 0 Å². The van der Waals surface area contributed by atoms with Crippen molar-refractivity contribution in [2.24, 2.45) is 0 Å². The van der Waals surface area contributed by atoms with Crippen LogP contribution in [0.25, 0.3) is 0 Å². The Morgan fingerprint density at radius 2 is 2.17 bits per heavy atom. The van der Waals surface area contributed by atoms with Gasteiger partial charge in [-0.2, -0.15) is 0 Å². The minimum atomic E-state index is -0.455. The Labute approximate surface area is 106 Å². The fraction of sp³-hybridized carbons (Fsp3) is 0.500. The molecule has 0 spiro atoms. The van der Waals surface area contributed by atoms with Crippen molar-refractivity contribution in [2.45, 2.75) is 19.9 Å². The molecule has 0 amide bonds. The molecule has 0 aliphatic heterocycles. The molecule has 1 aromatic carbocycles. The van der Waals surface area contributed by atoms with Crippen LogP contribution < -0.4 is 9.64 Å². The van der Waals surface area contributed by atoms with Gasteiger partial charge in [0.15, 0.2) is 0 Å². The molecule has 6 nitrogen and oxygen atoms in total. The quantitative estimate of drug-likeness (QED) is 0.619. The number of hydrogen-bond acceptors (Lipinski definition) is 5. The highest BCUT2D eigenvalue weighted by atomic mass is 16.6. The second kappa shape index (κ2) is 6.20. The zero-order chi connectivity index (χ0) is 13.7. The van der Waals surface area contributed by atoms with Crippen molar-refractivity contribution in [2.75, 3.05) is 25.2 Å². The van der Waals surface area contributed by atoms with E-state index in [4.69, 9.17) is 9.84 Å². The largest absolute Gasteiger partial charge is 0.494 e. The molecule has 1 N–H and O–H groups in total. The fourth-order valence-electron chi connectivity index (χ4n) is 1.50. The highest BCUT2D eigenvalue weighted by molar-refractivity contribution is 5.58. The van der Waals surface area contributed by atoms with E-state index in [1.807, 2.05) is 13.8 Å². The van der Waals surface area contributed by atoms with Gasteiger partial charge >= 0.3 is 0 Å². The van der Waals surface area contributed by atoms with Crippen LogP contribution in [-0.4, -0.2) is 36.3 Å². The molecule has 0 bridgehead atoms. The summed E-state index contributed by atoms with van der Waals surface area (Å²) < 4.78 is 5.31. The summed E-state index contributed by atoms with van der Waals surface area (Å²) in [6.45, 7) is 4.07. The van der Waals surface area contributed by atoms with E-state index in [2.05, 4.69) is 0 Å². The second-order valence-electron chi connectivity index (χ2n) is 4.02. The number of nitro benzene ring substituents is 1. The molecule has 1 rings (SSSR count). The first kappa shape index (κ1) is 14.2. The molecular formula is C12H18N2O4. The van der Waals surface area contributed by atoms with Gasteiger partial charge in [-0.3, -0.25) is 10.1 Å². The smallest absolute Gasteiger partial charge is 0.275 e. The van der Waals surface area contributed by atoms with Gasteiger partial charge in [0.25, 0.3) is 5.69 Å². The molecule has 0 aliphatic rings. The van der Waals surface area contributed by atoms with Crippen LogP contribution in [0.2, 0.25) is 0 Å². The van der Waals surface area contributed by atoms with Crippen molar-refractivity contribution in [1.29, 1.82) is 0 Å². The third kappa shape index (κ3) is 3.33. The number of anilines is 1. The number of aliphatic hydroxyl groups excluding tert-OH is 1. The molecule has 1 unspecified atom stereocenters. The first-order valence-corrected chi connectivity index (χ1v) is 5.75. The highest BCUT2D eigenvalue weighted by Crippen LogP contribution is 2.28. The van der Waals surface area contributed by atoms with Crippen LogP contribution in [0.3, 0.4) is 0 Å². The molecule has 0 aliphatic carbocycles. The predicted molar refractivity (Wildman–Crippen MR) is 69.2 cm³/mol. The Hall–Kier alpha value is -1.82. The number of non-ortho nitro benzene ring substituents is 1. The first-order valence-electron chi connectivity index (χ1n) is 5.75. The Morgan fingerprint density at radius 3 is 2.67 bits per heavy atom. The van der Waals surface area contributed by atoms with Crippen molar-refractivity contribution < 1.29 is 14.8 Å². The Balaban J connectivity index is 3.13. The van der Waals surface area contributed by atoms with E-state index in [1.54, 1.807) is 18.0 Å². The maximum Gasteiger partial charge on any atom is 0.275 e. The van der Waals surface area contributed by atoms with Gasteiger partial charge in [-0.1, -0.05) is 0 Å². The molecule has 0 saturated heterocycles. The average molecular weight is 254 g/mol. The lowest BCUT2D eigenvalue weighted by Crippen LogP contribution is -2.31. The summed E-state index contributed by atoms with van der Waals surface area (Å²) in [5.41, 5.74) is 0.627. The zero-order valence-electron chi connectivity index (χ0n) is 10.8. The number of ether oxygens (including phenoxy) is 1. The normalized spacial score (nSPS) is 12.0. The first-order chi connectivity index (χ1) is 8.49. The summed E-state index contributed by atoms with van der Waals surface area (Å²) in [5.74, 6) is 0.457. The van der Waals surface area contributed by atoms with Gasteiger partial charge in [-0.05, 0) is 13.8 Å². The van der Waals surface area contributed by atoms with Crippen LogP contribution in [0, 0.1) is 10.1 Å². The van der Waals surface area contributed by atoms with Gasteiger partial charge < -0.3 is 14.7 Å². The number of aliphatic hydroxyl groups is 1. The Morgan fingerprint density at radius 1 is 1.50 bits per heavy atom. The molecule has 0 saturated carbocycles. The predicted octanol–water partition coefficient (Wildman–Crippen LogP) is 1.81. The summed E-state index contributed by atoms with van der Waals surface area (Å²) in [6.07, 6.45) is 0. The third-order valence-corrected chi connectivity index (χ3v) is 2.73. The zero-order valence-corrected chi connectivity index (χ0v) is 10.8. The molecule has 1 atom stereocenters. The molecule has 0 fully saturated rings.